The Morgan fingerprint density at radius 1 is 1.11 bits per heavy atom. The maximum absolute atomic E-state index is 14.3. The number of carbonyl (C=O) groups excluding carboxylic acids is 2. The maximum Gasteiger partial charge on any atom is 0.392 e. The molecule has 0 aromatic rings. The molecule has 6 aliphatic rings. The van der Waals surface area contributed by atoms with Gasteiger partial charge in [-0.25, -0.2) is 10.9 Å². The van der Waals surface area contributed by atoms with Gasteiger partial charge in [0, 0.05) is 43.4 Å². The first kappa shape index (κ1) is 26.8. The van der Waals surface area contributed by atoms with Crippen LogP contribution in [0.5, 0.6) is 0 Å². The number of nitrogens with one attached hydrogen (secondary N) is 2. The summed E-state index contributed by atoms with van der Waals surface area (Å²) < 4.78 is 48.6. The highest BCUT2D eigenvalue weighted by molar-refractivity contribution is 5.82. The molecule has 4 saturated heterocycles. The van der Waals surface area contributed by atoms with Crippen LogP contribution in [0.1, 0.15) is 57.8 Å². The van der Waals surface area contributed by atoms with Gasteiger partial charge in [0.15, 0.2) is 0 Å². The molecule has 2 aliphatic carbocycles. The Bertz CT molecular complexity index is 915. The van der Waals surface area contributed by atoms with Gasteiger partial charge in [-0.05, 0) is 69.7 Å². The van der Waals surface area contributed by atoms with E-state index in [-0.39, 0.29) is 48.3 Å². The van der Waals surface area contributed by atoms with Crippen molar-refractivity contribution < 1.29 is 27.5 Å². The molecule has 0 aromatic carbocycles. The third-order valence-electron chi connectivity index (χ3n) is 10.7. The predicted octanol–water partition coefficient (Wildman–Crippen LogP) is 2.56. The lowest BCUT2D eigenvalue weighted by Gasteiger charge is -2.52. The minimum absolute atomic E-state index is 0.00390. The topological polar surface area (TPSA) is 77.2 Å². The van der Waals surface area contributed by atoms with E-state index in [1.807, 2.05) is 4.90 Å². The van der Waals surface area contributed by atoms with E-state index in [9.17, 15) is 22.8 Å². The molecule has 8 nitrogen and oxygen atoms in total. The van der Waals surface area contributed by atoms with E-state index >= 15 is 0 Å². The highest BCUT2D eigenvalue weighted by atomic mass is 19.4. The Balaban J connectivity index is 1.16. The Labute approximate surface area is 222 Å². The number of rotatable bonds is 6. The predicted molar refractivity (Wildman–Crippen MR) is 133 cm³/mol. The van der Waals surface area contributed by atoms with Crippen molar-refractivity contribution >= 4 is 11.8 Å². The molecule has 2 saturated carbocycles. The van der Waals surface area contributed by atoms with Gasteiger partial charge in [-0.2, -0.15) is 13.2 Å². The van der Waals surface area contributed by atoms with Crippen molar-refractivity contribution in [3.63, 3.8) is 0 Å². The molecule has 0 radical (unpaired) electrons. The van der Waals surface area contributed by atoms with Crippen molar-refractivity contribution in [3.05, 3.63) is 0 Å². The fourth-order valence-corrected chi connectivity index (χ4v) is 8.56. The number of hydrogen-bond acceptors (Lipinski definition) is 6. The monoisotopic (exact) mass is 541 g/mol. The normalized spacial score (nSPS) is 40.1. The Morgan fingerprint density at radius 3 is 2.55 bits per heavy atom. The number of ether oxygens (including phenoxy) is 1. The van der Waals surface area contributed by atoms with Gasteiger partial charge >= 0.3 is 6.18 Å². The lowest BCUT2D eigenvalue weighted by Crippen LogP contribution is -2.56. The van der Waals surface area contributed by atoms with E-state index in [2.05, 4.69) is 22.8 Å². The molecule has 0 aromatic heterocycles. The second kappa shape index (κ2) is 10.2. The SMILES string of the molecule is CN1CNNC1CC1(C2CCCC(N3CC4C(CC(CN5CCCC5=O)CC4C(F)(F)F)C3=O)C2)COC1. The molecule has 6 rings (SSSR count). The van der Waals surface area contributed by atoms with Crippen molar-refractivity contribution in [1.82, 2.24) is 25.6 Å². The fourth-order valence-electron chi connectivity index (χ4n) is 8.56. The highest BCUT2D eigenvalue weighted by Gasteiger charge is 2.58. The molecule has 7 unspecified atom stereocenters. The summed E-state index contributed by atoms with van der Waals surface area (Å²) in [4.78, 5) is 31.7. The van der Waals surface area contributed by atoms with Crippen LogP contribution in [0.3, 0.4) is 0 Å². The van der Waals surface area contributed by atoms with Gasteiger partial charge in [0.1, 0.15) is 0 Å². The van der Waals surface area contributed by atoms with Crippen molar-refractivity contribution in [2.24, 2.45) is 35.0 Å². The van der Waals surface area contributed by atoms with Gasteiger partial charge in [0.2, 0.25) is 11.8 Å². The number of hydrogen-bond donors (Lipinski definition) is 2. The van der Waals surface area contributed by atoms with E-state index in [0.29, 0.717) is 45.1 Å². The molecular formula is C27H42F3N5O3. The van der Waals surface area contributed by atoms with Crippen molar-refractivity contribution in [3.8, 4) is 0 Å². The van der Waals surface area contributed by atoms with Crippen LogP contribution in [-0.4, -0.2) is 91.5 Å². The summed E-state index contributed by atoms with van der Waals surface area (Å²) in [6.07, 6.45) is 2.38. The molecule has 0 spiro atoms. The summed E-state index contributed by atoms with van der Waals surface area (Å²) in [5, 5.41) is 0. The molecule has 7 atom stereocenters. The van der Waals surface area contributed by atoms with Crippen molar-refractivity contribution in [2.75, 3.05) is 46.6 Å². The smallest absolute Gasteiger partial charge is 0.380 e. The largest absolute Gasteiger partial charge is 0.392 e. The second-order valence-electron chi connectivity index (χ2n) is 13.0. The fraction of sp³-hybridized carbons (Fsp3) is 0.926. The number of fused-ring (bicyclic) bond motifs is 1. The zero-order valence-electron chi connectivity index (χ0n) is 22.3. The van der Waals surface area contributed by atoms with Crippen LogP contribution in [0, 0.1) is 35.0 Å². The van der Waals surface area contributed by atoms with E-state index in [1.54, 1.807) is 4.90 Å². The number of alkyl halides is 3. The van der Waals surface area contributed by atoms with Crippen molar-refractivity contribution in [2.45, 2.75) is 76.2 Å². The average Bonchev–Trinajstić information content (AvgIpc) is 3.55. The molecule has 2 amide bonds. The first-order valence-corrected chi connectivity index (χ1v) is 14.6. The first-order chi connectivity index (χ1) is 18.1. The molecule has 6 fully saturated rings. The van der Waals surface area contributed by atoms with Crippen molar-refractivity contribution in [1.29, 1.82) is 0 Å². The highest BCUT2D eigenvalue weighted by Crippen LogP contribution is 2.53. The molecule has 2 N–H and O–H groups in total. The molecule has 4 aliphatic heterocycles. The summed E-state index contributed by atoms with van der Waals surface area (Å²) >= 11 is 0. The van der Waals surface area contributed by atoms with Gasteiger partial charge in [0.25, 0.3) is 0 Å². The van der Waals surface area contributed by atoms with Crippen LogP contribution in [-0.2, 0) is 14.3 Å². The molecule has 38 heavy (non-hydrogen) atoms. The summed E-state index contributed by atoms with van der Waals surface area (Å²) in [7, 11) is 2.09. The Hall–Kier alpha value is -1.43. The minimum atomic E-state index is -4.33. The Morgan fingerprint density at radius 2 is 1.92 bits per heavy atom. The van der Waals surface area contributed by atoms with E-state index in [4.69, 9.17) is 4.74 Å². The standard InChI is InChI=1S/C27H42F3N5O3/c1-33-16-31-32-23(33)11-26(14-38-15-26)18-4-2-5-19(10-18)35-13-21-20(25(35)37)8-17(9-22(21)27(28,29)30)12-34-7-3-6-24(34)36/h17-23,31-32H,2-16H2,1H3. The summed E-state index contributed by atoms with van der Waals surface area (Å²) in [5.41, 5.74) is 6.60. The number of amides is 2. The molecule has 214 valence electrons. The second-order valence-corrected chi connectivity index (χ2v) is 13.0. The quantitative estimate of drug-likeness (QED) is 0.539. The minimum Gasteiger partial charge on any atom is -0.380 e. The lowest BCUT2D eigenvalue weighted by atomic mass is 9.64. The van der Waals surface area contributed by atoms with Crippen LogP contribution in [0.25, 0.3) is 0 Å². The van der Waals surface area contributed by atoms with E-state index < -0.39 is 23.9 Å². The number of hydrazine groups is 1. The van der Waals surface area contributed by atoms with Gasteiger partial charge in [-0.1, -0.05) is 6.42 Å². The molecular weight excluding hydrogens is 499 g/mol. The Kier molecular flexibility index (Phi) is 7.18. The zero-order chi connectivity index (χ0) is 26.7. The van der Waals surface area contributed by atoms with E-state index in [1.165, 1.54) is 0 Å². The molecule has 4 heterocycles. The number of halogens is 3. The summed E-state index contributed by atoms with van der Waals surface area (Å²) in [6, 6.07) is 0.00390. The lowest BCUT2D eigenvalue weighted by molar-refractivity contribution is -0.204. The van der Waals surface area contributed by atoms with Crippen LogP contribution >= 0.6 is 0 Å². The first-order valence-electron chi connectivity index (χ1n) is 14.6. The van der Waals surface area contributed by atoms with Crippen LogP contribution in [0.15, 0.2) is 0 Å². The third-order valence-corrected chi connectivity index (χ3v) is 10.7. The number of likely N-dealkylation sites (tertiary alicyclic amines) is 2. The maximum atomic E-state index is 14.3. The summed E-state index contributed by atoms with van der Waals surface area (Å²) in [5.74, 6) is -2.64. The summed E-state index contributed by atoms with van der Waals surface area (Å²) in [6.45, 7) is 3.41. The van der Waals surface area contributed by atoms with Crippen LogP contribution in [0.2, 0.25) is 0 Å². The van der Waals surface area contributed by atoms with Gasteiger partial charge < -0.3 is 14.5 Å². The zero-order valence-corrected chi connectivity index (χ0v) is 22.3. The average molecular weight is 542 g/mol. The van der Waals surface area contributed by atoms with Gasteiger partial charge in [-0.15, -0.1) is 0 Å². The van der Waals surface area contributed by atoms with Gasteiger partial charge in [0.05, 0.1) is 32.0 Å². The van der Waals surface area contributed by atoms with Crippen LogP contribution < -0.4 is 10.9 Å². The molecule has 11 heteroatoms. The number of nitrogens with zero attached hydrogens (tertiary/aromatic N) is 3. The van der Waals surface area contributed by atoms with Crippen LogP contribution in [0.4, 0.5) is 13.2 Å². The van der Waals surface area contributed by atoms with Gasteiger partial charge in [-0.3, -0.25) is 14.5 Å². The third kappa shape index (κ3) is 4.86. The molecule has 0 bridgehead atoms. The van der Waals surface area contributed by atoms with E-state index in [0.717, 1.165) is 45.2 Å². The number of carbonyl (C=O) groups is 2.